The molecule has 4 aromatic rings. The van der Waals surface area contributed by atoms with Crippen molar-refractivity contribution in [1.82, 2.24) is 0 Å². The fourth-order valence-electron chi connectivity index (χ4n) is 6.05. The quantitative estimate of drug-likeness (QED) is 0.106. The molecule has 1 aliphatic carbocycles. The second-order valence-corrected chi connectivity index (χ2v) is 16.0. The lowest BCUT2D eigenvalue weighted by atomic mass is 9.93. The lowest BCUT2D eigenvalue weighted by molar-refractivity contribution is -0.406. The molecule has 12 nitrogen and oxygen atoms in total. The maximum atomic E-state index is 12.9. The molecule has 0 fully saturated rings. The number of hydrogen-bond donors (Lipinski definition) is 5. The topological polar surface area (TPSA) is 202 Å². The van der Waals surface area contributed by atoms with E-state index in [1.54, 1.807) is 0 Å². The maximum Gasteiger partial charge on any atom is 0.301 e. The maximum absolute atomic E-state index is 12.9. The molecule has 0 spiro atoms. The smallest absolute Gasteiger partial charge is 0.301 e. The van der Waals surface area contributed by atoms with Crippen molar-refractivity contribution in [3.8, 4) is 22.5 Å². The first-order valence-electron chi connectivity index (χ1n) is 14.9. The van der Waals surface area contributed by atoms with E-state index in [1.807, 2.05) is 64.1 Å². The largest absolute Gasteiger partial charge is 0.456 e. The van der Waals surface area contributed by atoms with E-state index in [1.165, 1.54) is 30.3 Å². The van der Waals surface area contributed by atoms with Crippen LogP contribution in [0.1, 0.15) is 22.3 Å². The predicted molar refractivity (Wildman–Crippen MR) is 187 cm³/mol. The van der Waals surface area contributed by atoms with Gasteiger partial charge in [0.25, 0.3) is 20.2 Å². The van der Waals surface area contributed by atoms with E-state index in [2.05, 4.69) is 10.3 Å². The van der Waals surface area contributed by atoms with Gasteiger partial charge in [0.05, 0.1) is 11.8 Å². The summed E-state index contributed by atoms with van der Waals surface area (Å²) in [5.74, 6) is -0.00333. The summed E-state index contributed by atoms with van der Waals surface area (Å²) in [6.07, 6.45) is 0. The molecule has 1 aliphatic heterocycles. The monoisotopic (exact) mass is 735 g/mol. The Kier molecular flexibility index (Phi) is 8.70. The van der Waals surface area contributed by atoms with Gasteiger partial charge in [0.15, 0.2) is 4.90 Å². The van der Waals surface area contributed by atoms with Crippen molar-refractivity contribution >= 4 is 58.4 Å². The summed E-state index contributed by atoms with van der Waals surface area (Å²) >= 11 is 0. The Balaban J connectivity index is 1.83. The molecule has 0 saturated heterocycles. The van der Waals surface area contributed by atoms with E-state index < -0.39 is 45.0 Å². The molecule has 0 radical (unpaired) electrons. The minimum absolute atomic E-state index is 0.00333. The second-order valence-electron chi connectivity index (χ2n) is 11.9. The standard InChI is InChI=1S/C35H30N2O10S3/c1-19-9-7-10-20(2)34(19)36-26-17-28-24(15-31(26)49(41,42)43)33(23-13-5-6-14-30(23)48(38,39)40)25-16-32(50(44,45)46)27(18-29(25)47-28)37-35-21(3)11-8-12-22(35)4/h5-18,36H,1-4H3,(H,38,39,40)(H,41,42,43)(H,44,45,46)/p+1. The Bertz CT molecular complexity index is 2710. The minimum atomic E-state index is -4.96. The average Bonchev–Trinajstić information content (AvgIpc) is 3.01. The van der Waals surface area contributed by atoms with Crippen molar-refractivity contribution in [1.29, 1.82) is 0 Å². The molecule has 1 heterocycles. The van der Waals surface area contributed by atoms with Gasteiger partial charge >= 0.3 is 10.1 Å². The normalized spacial score (nSPS) is 12.9. The van der Waals surface area contributed by atoms with Crippen molar-refractivity contribution in [2.75, 3.05) is 5.32 Å². The average molecular weight is 736 g/mol. The van der Waals surface area contributed by atoms with Crippen LogP contribution in [0.5, 0.6) is 0 Å². The van der Waals surface area contributed by atoms with Gasteiger partial charge in [-0.3, -0.25) is 13.7 Å². The van der Waals surface area contributed by atoms with Crippen molar-refractivity contribution in [3.05, 3.63) is 113 Å². The zero-order valence-electron chi connectivity index (χ0n) is 27.0. The number of hydrogen-bond acceptors (Lipinski definition) is 8. The molecule has 4 aromatic carbocycles. The van der Waals surface area contributed by atoms with Gasteiger partial charge in [-0.2, -0.15) is 25.3 Å². The number of anilines is 2. The summed E-state index contributed by atoms with van der Waals surface area (Å²) in [6, 6.07) is 20.9. The van der Waals surface area contributed by atoms with Crippen LogP contribution in [0.25, 0.3) is 33.4 Å². The van der Waals surface area contributed by atoms with E-state index in [0.29, 0.717) is 11.4 Å². The molecule has 0 unspecified atom stereocenters. The number of para-hydroxylation sites is 2. The van der Waals surface area contributed by atoms with Gasteiger partial charge in [0.1, 0.15) is 21.1 Å². The van der Waals surface area contributed by atoms with Gasteiger partial charge in [0, 0.05) is 45.0 Å². The van der Waals surface area contributed by atoms with Crippen molar-refractivity contribution in [2.45, 2.75) is 42.4 Å². The summed E-state index contributed by atoms with van der Waals surface area (Å²) in [5.41, 5.74) is 3.85. The fraction of sp³-hybridized carbons (Fsp3) is 0.114. The second kappa shape index (κ2) is 12.5. The van der Waals surface area contributed by atoms with Gasteiger partial charge in [-0.05, 0) is 57.0 Å². The first-order chi connectivity index (χ1) is 23.3. The number of rotatable bonds is 7. The molecule has 0 atom stereocenters. The number of aryl methyl sites for hydroxylation is 4. The molecule has 5 N–H and O–H groups in total. The molecule has 2 aliphatic rings. The van der Waals surface area contributed by atoms with E-state index in [4.69, 9.17) is 4.42 Å². The highest BCUT2D eigenvalue weighted by Crippen LogP contribution is 2.45. The van der Waals surface area contributed by atoms with Gasteiger partial charge < -0.3 is 9.73 Å². The van der Waals surface area contributed by atoms with Gasteiger partial charge in [-0.25, -0.2) is 4.99 Å². The van der Waals surface area contributed by atoms with Crippen molar-refractivity contribution in [3.63, 3.8) is 0 Å². The predicted octanol–water partition coefficient (Wildman–Crippen LogP) is 5.23. The highest BCUT2D eigenvalue weighted by molar-refractivity contribution is 7.86. The van der Waals surface area contributed by atoms with Gasteiger partial charge in [-0.1, -0.05) is 54.6 Å². The fourth-order valence-corrected chi connectivity index (χ4v) is 8.05. The summed E-state index contributed by atoms with van der Waals surface area (Å²) in [7, 11) is -14.8. The summed E-state index contributed by atoms with van der Waals surface area (Å²) in [4.78, 5) is 1.30. The first-order valence-corrected chi connectivity index (χ1v) is 19.3. The first kappa shape index (κ1) is 34.9. The highest BCUT2D eigenvalue weighted by Gasteiger charge is 2.30. The molecule has 0 saturated carbocycles. The molecule has 0 bridgehead atoms. The summed E-state index contributed by atoms with van der Waals surface area (Å²) in [5, 5.41) is 2.94. The zero-order chi connectivity index (χ0) is 36.3. The van der Waals surface area contributed by atoms with Crippen LogP contribution in [0.15, 0.2) is 104 Å². The third-order valence-electron chi connectivity index (χ3n) is 8.39. The zero-order valence-corrected chi connectivity index (χ0v) is 29.5. The lowest BCUT2D eigenvalue weighted by Crippen LogP contribution is -2.72. The van der Waals surface area contributed by atoms with Crippen LogP contribution in [0, 0.1) is 27.7 Å². The van der Waals surface area contributed by atoms with E-state index >= 15 is 0 Å². The molecule has 50 heavy (non-hydrogen) atoms. The SMILES string of the molecule is Cc1cccc(C)c1Nc1cc2oc3cc(=[NH+]c4c(C)cccc4C)c(S(=O)(=O)O)cc-3c(-c3ccccc3S(=O)(=O)O)c2cc1S(=O)(=O)O. The molecular weight excluding hydrogens is 705 g/mol. The van der Waals surface area contributed by atoms with Crippen LogP contribution in [0.2, 0.25) is 0 Å². The van der Waals surface area contributed by atoms with Crippen LogP contribution in [-0.2, 0) is 30.4 Å². The minimum Gasteiger partial charge on any atom is -0.456 e. The Morgan fingerprint density at radius 2 is 1.16 bits per heavy atom. The summed E-state index contributed by atoms with van der Waals surface area (Å²) < 4.78 is 114. The molecule has 258 valence electrons. The molecule has 15 heteroatoms. The Morgan fingerprint density at radius 3 is 1.74 bits per heavy atom. The highest BCUT2D eigenvalue weighted by atomic mass is 32.2. The number of nitrogens with one attached hydrogen (secondary N) is 2. The van der Waals surface area contributed by atoms with Crippen LogP contribution < -0.4 is 15.7 Å². The Hall–Kier alpha value is -4.90. The molecule has 0 aromatic heterocycles. The molecule has 6 rings (SSSR count). The van der Waals surface area contributed by atoms with Crippen molar-refractivity contribution in [2.24, 2.45) is 0 Å². The van der Waals surface area contributed by atoms with Crippen LogP contribution in [-0.4, -0.2) is 38.9 Å². The number of benzene rings is 5. The Labute approximate surface area is 288 Å². The van der Waals surface area contributed by atoms with Gasteiger partial charge in [0.2, 0.25) is 11.0 Å². The summed E-state index contributed by atoms with van der Waals surface area (Å²) in [6.45, 7) is 7.24. The third-order valence-corrected chi connectivity index (χ3v) is 11.1. The van der Waals surface area contributed by atoms with Crippen LogP contribution in [0.4, 0.5) is 17.1 Å². The van der Waals surface area contributed by atoms with E-state index in [-0.39, 0.29) is 44.5 Å². The van der Waals surface area contributed by atoms with E-state index in [9.17, 15) is 38.9 Å². The third kappa shape index (κ3) is 6.54. The van der Waals surface area contributed by atoms with Gasteiger partial charge in [-0.15, -0.1) is 0 Å². The number of fused-ring (bicyclic) bond motifs is 2. The van der Waals surface area contributed by atoms with Crippen LogP contribution >= 0.6 is 0 Å². The van der Waals surface area contributed by atoms with E-state index in [0.717, 1.165) is 40.5 Å². The lowest BCUT2D eigenvalue weighted by Gasteiger charge is -2.20. The molecule has 0 amide bonds. The molecular formula is C35H31N2O10S3+. The van der Waals surface area contributed by atoms with Crippen molar-refractivity contribution < 1.29 is 48.3 Å². The van der Waals surface area contributed by atoms with Crippen LogP contribution in [0.3, 0.4) is 0 Å². The Morgan fingerprint density at radius 1 is 0.600 bits per heavy atom.